The Morgan fingerprint density at radius 3 is 2.29 bits per heavy atom. The largest absolute Gasteiger partial charge is 0.490 e. The lowest BCUT2D eigenvalue weighted by atomic mass is 9.99. The normalized spacial score (nSPS) is 11.9. The first-order valence-electron chi connectivity index (χ1n) is 7.40. The summed E-state index contributed by atoms with van der Waals surface area (Å²) in [6.45, 7) is 5.40. The van der Waals surface area contributed by atoms with Gasteiger partial charge >= 0.3 is 0 Å². The van der Waals surface area contributed by atoms with Crippen molar-refractivity contribution in [2.24, 2.45) is 0 Å². The third-order valence-corrected chi connectivity index (χ3v) is 3.59. The molecule has 0 radical (unpaired) electrons. The average Bonchev–Trinajstić information content (AvgIpc) is 2.53. The van der Waals surface area contributed by atoms with Crippen LogP contribution in [0.4, 0.5) is 5.69 Å². The van der Waals surface area contributed by atoms with Gasteiger partial charge in [-0.3, -0.25) is 0 Å². The van der Waals surface area contributed by atoms with Crippen LogP contribution >= 0.6 is 0 Å². The van der Waals surface area contributed by atoms with Crippen LogP contribution in [0.2, 0.25) is 0 Å². The van der Waals surface area contributed by atoms with Crippen LogP contribution in [-0.2, 0) is 0 Å². The molecule has 0 aromatic heterocycles. The van der Waals surface area contributed by atoms with Crippen LogP contribution in [0.1, 0.15) is 31.7 Å². The molecule has 0 saturated carbocycles. The zero-order chi connectivity index (χ0) is 15.1. The van der Waals surface area contributed by atoms with Crippen molar-refractivity contribution < 1.29 is 9.47 Å². The third-order valence-electron chi connectivity index (χ3n) is 3.59. The smallest absolute Gasteiger partial charge is 0.142 e. The van der Waals surface area contributed by atoms with Crippen LogP contribution in [-0.4, -0.2) is 13.2 Å². The Balaban J connectivity index is 1.77. The van der Waals surface area contributed by atoms with Crippen LogP contribution < -0.4 is 15.2 Å². The first kappa shape index (κ1) is 15.2. The van der Waals surface area contributed by atoms with Crippen molar-refractivity contribution in [3.63, 3.8) is 0 Å². The van der Waals surface area contributed by atoms with Gasteiger partial charge in [-0.05, 0) is 42.2 Å². The standard InChI is InChI=1S/C18H23NO2/c1-3-14(2)15-8-10-16(11-9-15)20-12-13-21-18-7-5-4-6-17(18)19/h4-11,14H,3,12-13,19H2,1-2H3. The summed E-state index contributed by atoms with van der Waals surface area (Å²) in [5.74, 6) is 2.16. The summed E-state index contributed by atoms with van der Waals surface area (Å²) < 4.78 is 11.3. The maximum atomic E-state index is 5.81. The van der Waals surface area contributed by atoms with Crippen LogP contribution in [0, 0.1) is 0 Å². The molecular weight excluding hydrogens is 262 g/mol. The molecule has 2 rings (SSSR count). The molecule has 0 spiro atoms. The predicted molar refractivity (Wildman–Crippen MR) is 87.0 cm³/mol. The lowest BCUT2D eigenvalue weighted by Gasteiger charge is -2.12. The summed E-state index contributed by atoms with van der Waals surface area (Å²) in [6, 6.07) is 15.7. The number of hydrogen-bond acceptors (Lipinski definition) is 3. The Labute approximate surface area is 126 Å². The summed E-state index contributed by atoms with van der Waals surface area (Å²) in [5.41, 5.74) is 7.80. The zero-order valence-corrected chi connectivity index (χ0v) is 12.7. The van der Waals surface area contributed by atoms with Crippen LogP contribution in [0.15, 0.2) is 48.5 Å². The number of benzene rings is 2. The maximum Gasteiger partial charge on any atom is 0.142 e. The topological polar surface area (TPSA) is 44.5 Å². The molecule has 0 saturated heterocycles. The molecule has 2 aromatic rings. The van der Waals surface area contributed by atoms with Crippen LogP contribution in [0.3, 0.4) is 0 Å². The minimum absolute atomic E-state index is 0.474. The highest BCUT2D eigenvalue weighted by Crippen LogP contribution is 2.22. The van der Waals surface area contributed by atoms with Gasteiger partial charge in [-0.1, -0.05) is 38.1 Å². The van der Waals surface area contributed by atoms with E-state index >= 15 is 0 Å². The zero-order valence-electron chi connectivity index (χ0n) is 12.7. The Morgan fingerprint density at radius 1 is 0.952 bits per heavy atom. The summed E-state index contributed by atoms with van der Waals surface area (Å²) in [6.07, 6.45) is 1.15. The number of nitrogens with two attached hydrogens (primary N) is 1. The fourth-order valence-corrected chi connectivity index (χ4v) is 2.05. The lowest BCUT2D eigenvalue weighted by Crippen LogP contribution is -2.09. The van der Waals surface area contributed by atoms with E-state index in [9.17, 15) is 0 Å². The summed E-state index contributed by atoms with van der Waals surface area (Å²) >= 11 is 0. The van der Waals surface area contributed by atoms with Gasteiger partial charge in [-0.15, -0.1) is 0 Å². The van der Waals surface area contributed by atoms with E-state index in [0.29, 0.717) is 30.6 Å². The molecule has 0 aliphatic carbocycles. The maximum absolute atomic E-state index is 5.81. The number of rotatable bonds is 7. The molecule has 1 atom stereocenters. The molecule has 3 nitrogen and oxygen atoms in total. The van der Waals surface area contributed by atoms with E-state index in [-0.39, 0.29) is 0 Å². The molecule has 1 unspecified atom stereocenters. The third kappa shape index (κ3) is 4.42. The SMILES string of the molecule is CCC(C)c1ccc(OCCOc2ccccc2N)cc1. The number of nitrogen functional groups attached to an aromatic ring is 1. The molecule has 0 aliphatic rings. The van der Waals surface area contributed by atoms with Gasteiger partial charge < -0.3 is 15.2 Å². The molecule has 112 valence electrons. The van der Waals surface area contributed by atoms with Crippen molar-refractivity contribution >= 4 is 5.69 Å². The van der Waals surface area contributed by atoms with E-state index in [1.165, 1.54) is 5.56 Å². The van der Waals surface area contributed by atoms with Gasteiger partial charge in [0, 0.05) is 0 Å². The Kier molecular flexibility index (Phi) is 5.50. The lowest BCUT2D eigenvalue weighted by molar-refractivity contribution is 0.218. The first-order chi connectivity index (χ1) is 10.2. The van der Waals surface area contributed by atoms with Crippen molar-refractivity contribution in [1.82, 2.24) is 0 Å². The quantitative estimate of drug-likeness (QED) is 0.611. The Bertz CT molecular complexity index is 551. The van der Waals surface area contributed by atoms with Crippen LogP contribution in [0.5, 0.6) is 11.5 Å². The van der Waals surface area contributed by atoms with E-state index in [1.807, 2.05) is 36.4 Å². The molecule has 0 amide bonds. The number of hydrogen-bond donors (Lipinski definition) is 1. The highest BCUT2D eigenvalue weighted by atomic mass is 16.5. The van der Waals surface area contributed by atoms with E-state index in [1.54, 1.807) is 0 Å². The Morgan fingerprint density at radius 2 is 1.62 bits per heavy atom. The second kappa shape index (κ2) is 7.58. The van der Waals surface area contributed by atoms with E-state index in [4.69, 9.17) is 15.2 Å². The fraction of sp³-hybridized carbons (Fsp3) is 0.333. The predicted octanol–water partition coefficient (Wildman–Crippen LogP) is 4.24. The molecule has 0 aliphatic heterocycles. The van der Waals surface area contributed by atoms with Crippen molar-refractivity contribution in [3.8, 4) is 11.5 Å². The number of anilines is 1. The second-order valence-corrected chi connectivity index (χ2v) is 5.11. The van der Waals surface area contributed by atoms with Gasteiger partial charge in [0.05, 0.1) is 5.69 Å². The van der Waals surface area contributed by atoms with Gasteiger partial charge in [0.15, 0.2) is 0 Å². The van der Waals surface area contributed by atoms with Crippen molar-refractivity contribution in [2.45, 2.75) is 26.2 Å². The van der Waals surface area contributed by atoms with Gasteiger partial charge in [-0.25, -0.2) is 0 Å². The van der Waals surface area contributed by atoms with E-state index in [2.05, 4.69) is 26.0 Å². The molecule has 21 heavy (non-hydrogen) atoms. The fourth-order valence-electron chi connectivity index (χ4n) is 2.05. The first-order valence-corrected chi connectivity index (χ1v) is 7.40. The minimum atomic E-state index is 0.474. The highest BCUT2D eigenvalue weighted by molar-refractivity contribution is 5.51. The molecule has 3 heteroatoms. The molecule has 0 heterocycles. The summed E-state index contributed by atoms with van der Waals surface area (Å²) in [5, 5.41) is 0. The number of para-hydroxylation sites is 2. The molecule has 2 aromatic carbocycles. The van der Waals surface area contributed by atoms with Crippen molar-refractivity contribution in [1.29, 1.82) is 0 Å². The average molecular weight is 285 g/mol. The summed E-state index contributed by atoms with van der Waals surface area (Å²) in [4.78, 5) is 0. The van der Waals surface area contributed by atoms with E-state index < -0.39 is 0 Å². The second-order valence-electron chi connectivity index (χ2n) is 5.11. The van der Waals surface area contributed by atoms with Gasteiger partial charge in [-0.2, -0.15) is 0 Å². The van der Waals surface area contributed by atoms with Crippen molar-refractivity contribution in [3.05, 3.63) is 54.1 Å². The monoisotopic (exact) mass is 285 g/mol. The van der Waals surface area contributed by atoms with Gasteiger partial charge in [0.25, 0.3) is 0 Å². The molecular formula is C18H23NO2. The van der Waals surface area contributed by atoms with E-state index in [0.717, 1.165) is 12.2 Å². The molecule has 0 bridgehead atoms. The molecule has 0 fully saturated rings. The highest BCUT2D eigenvalue weighted by Gasteiger charge is 2.03. The van der Waals surface area contributed by atoms with Gasteiger partial charge in [0.1, 0.15) is 24.7 Å². The van der Waals surface area contributed by atoms with Crippen molar-refractivity contribution in [2.75, 3.05) is 18.9 Å². The minimum Gasteiger partial charge on any atom is -0.490 e. The van der Waals surface area contributed by atoms with Crippen LogP contribution in [0.25, 0.3) is 0 Å². The summed E-state index contributed by atoms with van der Waals surface area (Å²) in [7, 11) is 0. The van der Waals surface area contributed by atoms with Gasteiger partial charge in [0.2, 0.25) is 0 Å². The molecule has 2 N–H and O–H groups in total. The number of ether oxygens (including phenoxy) is 2. The Hall–Kier alpha value is -2.16.